The molecule has 2 nitrogen and oxygen atoms in total. The Labute approximate surface area is 115 Å². The van der Waals surface area contributed by atoms with Gasteiger partial charge in [0.25, 0.3) is 0 Å². The van der Waals surface area contributed by atoms with Gasteiger partial charge in [0.15, 0.2) is 0 Å². The van der Waals surface area contributed by atoms with Crippen LogP contribution in [0.3, 0.4) is 0 Å². The summed E-state index contributed by atoms with van der Waals surface area (Å²) in [6, 6.07) is 5.37. The molecular weight excluding hydrogens is 267 g/mol. The molecule has 0 fully saturated rings. The van der Waals surface area contributed by atoms with E-state index in [4.69, 9.17) is 4.84 Å². The third-order valence-electron chi connectivity index (χ3n) is 3.16. The lowest BCUT2D eigenvalue weighted by atomic mass is 10.0. The molecule has 108 valence electrons. The van der Waals surface area contributed by atoms with Crippen molar-refractivity contribution in [3.8, 4) is 0 Å². The van der Waals surface area contributed by atoms with Crippen LogP contribution in [0.15, 0.2) is 41.1 Å². The minimum absolute atomic E-state index is 0.0924. The van der Waals surface area contributed by atoms with Gasteiger partial charge in [-0.15, -0.1) is 0 Å². The zero-order valence-corrected chi connectivity index (χ0v) is 11.0. The van der Waals surface area contributed by atoms with Crippen molar-refractivity contribution in [1.82, 2.24) is 0 Å². The summed E-state index contributed by atoms with van der Waals surface area (Å²) in [5, 5.41) is 3.75. The van der Waals surface area contributed by atoms with Gasteiger partial charge in [-0.25, -0.2) is 0 Å². The molecule has 0 atom stereocenters. The molecule has 1 aliphatic carbocycles. The van der Waals surface area contributed by atoms with Crippen molar-refractivity contribution in [2.24, 2.45) is 5.16 Å². The highest BCUT2D eigenvalue weighted by Gasteiger charge is 2.32. The largest absolute Gasteiger partial charge is 0.416 e. The van der Waals surface area contributed by atoms with Gasteiger partial charge in [0, 0.05) is 5.56 Å². The van der Waals surface area contributed by atoms with Gasteiger partial charge in [-0.05, 0) is 37.3 Å². The number of rotatable bonds is 4. The molecule has 0 aromatic heterocycles. The second kappa shape index (κ2) is 6.59. The van der Waals surface area contributed by atoms with Crippen molar-refractivity contribution < 1.29 is 18.0 Å². The average molecular weight is 283 g/mol. The lowest BCUT2D eigenvalue weighted by Crippen LogP contribution is -2.09. The van der Waals surface area contributed by atoms with Crippen molar-refractivity contribution in [1.29, 1.82) is 0 Å². The van der Waals surface area contributed by atoms with Crippen LogP contribution < -0.4 is 0 Å². The first-order chi connectivity index (χ1) is 9.57. The van der Waals surface area contributed by atoms with E-state index >= 15 is 0 Å². The number of alkyl halides is 3. The summed E-state index contributed by atoms with van der Waals surface area (Å²) in [6.07, 6.45) is 3.58. The van der Waals surface area contributed by atoms with E-state index in [1.807, 2.05) is 0 Å². The molecule has 5 heteroatoms. The summed E-state index contributed by atoms with van der Waals surface area (Å²) >= 11 is 0. The number of allylic oxidation sites excluding steroid dienone is 2. The normalized spacial score (nSPS) is 16.2. The zero-order chi connectivity index (χ0) is 14.4. The van der Waals surface area contributed by atoms with Crippen LogP contribution >= 0.6 is 0 Å². The third kappa shape index (κ3) is 4.11. The maximum absolute atomic E-state index is 12.7. The highest BCUT2D eigenvalue weighted by molar-refractivity contribution is 5.78. The molecule has 0 saturated heterocycles. The first-order valence-electron chi connectivity index (χ1n) is 6.57. The molecule has 1 aliphatic rings. The van der Waals surface area contributed by atoms with E-state index in [-0.39, 0.29) is 12.2 Å². The molecule has 0 spiro atoms. The molecule has 1 aromatic carbocycles. The van der Waals surface area contributed by atoms with Crippen molar-refractivity contribution >= 4 is 6.21 Å². The van der Waals surface area contributed by atoms with Gasteiger partial charge in [-0.3, -0.25) is 0 Å². The molecule has 0 bridgehead atoms. The molecule has 2 rings (SSSR count). The van der Waals surface area contributed by atoms with Crippen molar-refractivity contribution in [3.63, 3.8) is 0 Å². The minimum atomic E-state index is -4.37. The van der Waals surface area contributed by atoms with Crippen LogP contribution in [0.4, 0.5) is 13.2 Å². The Kier molecular flexibility index (Phi) is 4.82. The predicted molar refractivity (Wildman–Crippen MR) is 71.3 cm³/mol. The van der Waals surface area contributed by atoms with Gasteiger partial charge in [0.05, 0.1) is 11.8 Å². The molecule has 0 unspecified atom stereocenters. The summed E-state index contributed by atoms with van der Waals surface area (Å²) in [5.74, 6) is 0. The van der Waals surface area contributed by atoms with E-state index in [1.54, 1.807) is 12.3 Å². The first kappa shape index (κ1) is 14.6. The summed E-state index contributed by atoms with van der Waals surface area (Å²) < 4.78 is 38.2. The summed E-state index contributed by atoms with van der Waals surface area (Å²) in [4.78, 5) is 4.99. The van der Waals surface area contributed by atoms with Crippen LogP contribution in [0.5, 0.6) is 0 Å². The second-order valence-corrected chi connectivity index (χ2v) is 4.69. The highest BCUT2D eigenvalue weighted by atomic mass is 19.4. The number of hydrogen-bond acceptors (Lipinski definition) is 2. The van der Waals surface area contributed by atoms with E-state index < -0.39 is 11.7 Å². The quantitative estimate of drug-likeness (QED) is 0.579. The van der Waals surface area contributed by atoms with Crippen LogP contribution in [0.2, 0.25) is 0 Å². The smallest absolute Gasteiger partial charge is 0.391 e. The maximum atomic E-state index is 12.7. The van der Waals surface area contributed by atoms with E-state index in [0.717, 1.165) is 30.9 Å². The number of halogens is 3. The monoisotopic (exact) mass is 283 g/mol. The van der Waals surface area contributed by atoms with Crippen LogP contribution in [0, 0.1) is 0 Å². The number of hydrogen-bond donors (Lipinski definition) is 0. The Morgan fingerprint density at radius 3 is 2.70 bits per heavy atom. The van der Waals surface area contributed by atoms with E-state index in [1.165, 1.54) is 18.6 Å². The molecule has 0 radical (unpaired) electrons. The van der Waals surface area contributed by atoms with Gasteiger partial charge >= 0.3 is 6.18 Å². The third-order valence-corrected chi connectivity index (χ3v) is 3.16. The predicted octanol–water partition coefficient (Wildman–Crippen LogP) is 4.71. The molecular formula is C15H16F3NO. The first-order valence-corrected chi connectivity index (χ1v) is 6.57. The minimum Gasteiger partial charge on any atom is -0.391 e. The molecule has 1 aromatic rings. The number of oxime groups is 1. The summed E-state index contributed by atoms with van der Waals surface area (Å²) in [6.45, 7) is -0.181. The zero-order valence-electron chi connectivity index (χ0n) is 11.0. The number of benzene rings is 1. The fourth-order valence-electron chi connectivity index (χ4n) is 2.11. The number of nitrogens with zero attached hydrogens (tertiary/aromatic N) is 1. The van der Waals surface area contributed by atoms with Crippen molar-refractivity contribution in [3.05, 3.63) is 47.0 Å². The Bertz CT molecular complexity index is 506. The van der Waals surface area contributed by atoms with E-state index in [0.29, 0.717) is 0 Å². The van der Waals surface area contributed by atoms with Crippen LogP contribution in [0.1, 0.15) is 36.8 Å². The van der Waals surface area contributed by atoms with Gasteiger partial charge in [-0.2, -0.15) is 13.2 Å². The summed E-state index contributed by atoms with van der Waals surface area (Å²) in [7, 11) is 0. The second-order valence-electron chi connectivity index (χ2n) is 4.69. The Morgan fingerprint density at radius 1 is 1.20 bits per heavy atom. The van der Waals surface area contributed by atoms with Crippen molar-refractivity contribution in [2.45, 2.75) is 38.5 Å². The van der Waals surface area contributed by atoms with Gasteiger partial charge < -0.3 is 4.84 Å². The van der Waals surface area contributed by atoms with E-state index in [9.17, 15) is 13.2 Å². The fraction of sp³-hybridized carbons (Fsp3) is 0.400. The van der Waals surface area contributed by atoms with Crippen LogP contribution in [-0.2, 0) is 17.6 Å². The maximum Gasteiger partial charge on any atom is 0.416 e. The van der Waals surface area contributed by atoms with Gasteiger partial charge in [0.1, 0.15) is 6.61 Å². The molecule has 0 heterocycles. The molecule has 0 aliphatic heterocycles. The van der Waals surface area contributed by atoms with Crippen molar-refractivity contribution in [2.75, 3.05) is 0 Å². The fourth-order valence-corrected chi connectivity index (χ4v) is 2.11. The SMILES string of the molecule is FC(F)(F)c1ccccc1CON=CC1=CCCCC1. The molecule has 0 N–H and O–H groups in total. The van der Waals surface area contributed by atoms with Gasteiger partial charge in [-0.1, -0.05) is 29.4 Å². The van der Waals surface area contributed by atoms with Gasteiger partial charge in [0.2, 0.25) is 0 Å². The molecule has 20 heavy (non-hydrogen) atoms. The summed E-state index contributed by atoms with van der Waals surface area (Å²) in [5.41, 5.74) is 0.502. The highest BCUT2D eigenvalue weighted by Crippen LogP contribution is 2.32. The van der Waals surface area contributed by atoms with E-state index in [2.05, 4.69) is 11.2 Å². The standard InChI is InChI=1S/C15H16F3NO/c16-15(17,18)14-9-5-4-8-13(14)11-20-19-10-12-6-2-1-3-7-12/h4-6,8-10H,1-3,7,11H2. The lowest BCUT2D eigenvalue weighted by Gasteiger charge is -2.11. The molecule has 0 amide bonds. The molecule has 0 saturated carbocycles. The Morgan fingerprint density at radius 2 is 2.00 bits per heavy atom. The van der Waals surface area contributed by atoms with Crippen LogP contribution in [-0.4, -0.2) is 6.21 Å². The Balaban J connectivity index is 1.94. The lowest BCUT2D eigenvalue weighted by molar-refractivity contribution is -0.138. The topological polar surface area (TPSA) is 21.6 Å². The van der Waals surface area contributed by atoms with Crippen LogP contribution in [0.25, 0.3) is 0 Å². The average Bonchev–Trinajstić information content (AvgIpc) is 2.44. The Hall–Kier alpha value is -1.78.